The van der Waals surface area contributed by atoms with Crippen molar-refractivity contribution in [3.63, 3.8) is 0 Å². The van der Waals surface area contributed by atoms with Crippen LogP contribution >= 0.6 is 0 Å². The Morgan fingerprint density at radius 1 is 1.08 bits per heavy atom. The van der Waals surface area contributed by atoms with Crippen LogP contribution in [0.25, 0.3) is 5.69 Å². The van der Waals surface area contributed by atoms with Crippen LogP contribution in [0.3, 0.4) is 0 Å². The second kappa shape index (κ2) is 10.9. The van der Waals surface area contributed by atoms with E-state index in [0.717, 1.165) is 22.9 Å². The van der Waals surface area contributed by atoms with Gasteiger partial charge >= 0.3 is 24.0 Å². The van der Waals surface area contributed by atoms with Gasteiger partial charge in [0.1, 0.15) is 17.6 Å². The minimum absolute atomic E-state index is 0.122. The van der Waals surface area contributed by atoms with E-state index < -0.39 is 47.4 Å². The summed E-state index contributed by atoms with van der Waals surface area (Å²) in [7, 11) is 0. The normalized spacial score (nSPS) is 14.1. The lowest BCUT2D eigenvalue weighted by Crippen LogP contribution is -2.60. The van der Waals surface area contributed by atoms with Crippen LogP contribution in [0.15, 0.2) is 35.3 Å². The largest absolute Gasteiger partial charge is 0.465 e. The number of rotatable bonds is 6. The van der Waals surface area contributed by atoms with Gasteiger partial charge in [-0.2, -0.15) is 18.2 Å². The minimum Gasteiger partial charge on any atom is -0.465 e. The van der Waals surface area contributed by atoms with Crippen molar-refractivity contribution in [1.29, 1.82) is 0 Å². The van der Waals surface area contributed by atoms with Crippen LogP contribution in [0.1, 0.15) is 25.0 Å². The molecule has 0 aliphatic carbocycles. The van der Waals surface area contributed by atoms with Gasteiger partial charge < -0.3 is 25.0 Å². The van der Waals surface area contributed by atoms with E-state index in [9.17, 15) is 37.1 Å². The van der Waals surface area contributed by atoms with Crippen LogP contribution in [0.5, 0.6) is 0 Å². The van der Waals surface area contributed by atoms with Gasteiger partial charge in [-0.3, -0.25) is 14.7 Å². The first-order valence-corrected chi connectivity index (χ1v) is 11.3. The quantitative estimate of drug-likeness (QED) is 0.473. The molecule has 12 nitrogen and oxygen atoms in total. The van der Waals surface area contributed by atoms with Gasteiger partial charge in [-0.15, -0.1) is 0 Å². The molecule has 1 fully saturated rings. The fourth-order valence-electron chi connectivity index (χ4n) is 3.93. The first kappa shape index (κ1) is 28.1. The Bertz CT molecular complexity index is 1300. The number of piperazine rings is 1. The Kier molecular flexibility index (Phi) is 8.07. The lowest BCUT2D eigenvalue weighted by atomic mass is 10.0. The second-order valence-electron chi connectivity index (χ2n) is 8.94. The summed E-state index contributed by atoms with van der Waals surface area (Å²) in [5, 5.41) is 13.5. The summed E-state index contributed by atoms with van der Waals surface area (Å²) in [4.78, 5) is 65.9. The Balaban J connectivity index is 1.68. The summed E-state index contributed by atoms with van der Waals surface area (Å²) < 4.78 is 41.1. The topological polar surface area (TPSA) is 154 Å². The third-order valence-electron chi connectivity index (χ3n) is 5.83. The van der Waals surface area contributed by atoms with E-state index in [0.29, 0.717) is 6.29 Å². The van der Waals surface area contributed by atoms with Gasteiger partial charge in [0, 0.05) is 38.8 Å². The number of hydrogen-bond donors (Lipinski definition) is 3. The van der Waals surface area contributed by atoms with Crippen molar-refractivity contribution in [3.05, 3.63) is 52.1 Å². The number of urea groups is 1. The van der Waals surface area contributed by atoms with Crippen molar-refractivity contribution >= 4 is 30.1 Å². The zero-order valence-electron chi connectivity index (χ0n) is 20.4. The average Bonchev–Trinajstić information content (AvgIpc) is 2.83. The number of hydrogen-bond acceptors (Lipinski definition) is 6. The molecule has 204 valence electrons. The smallest absolute Gasteiger partial charge is 0.416 e. The molecule has 15 heteroatoms. The maximum atomic E-state index is 13.4. The van der Waals surface area contributed by atoms with Crippen LogP contribution in [-0.2, 0) is 22.2 Å². The van der Waals surface area contributed by atoms with Gasteiger partial charge in [-0.25, -0.2) is 14.4 Å². The standard InChI is InChI=1S/C23H25F3N6O6/c1-22(2,29-21(37)38)18(34)30-8-10-31(11-9-30)19(35)27-17-5-7-32(20(36)28-17)15-4-3-14(6-12-33)16(13-15)23(24,25)26/h3-5,7,12-13,29H,6,8-11H2,1-2H3,(H,37,38)(H,27,28,35,36). The molecular weight excluding hydrogens is 513 g/mol. The fourth-order valence-corrected chi connectivity index (χ4v) is 3.93. The van der Waals surface area contributed by atoms with Crippen LogP contribution in [-0.4, -0.2) is 80.5 Å². The number of carbonyl (C=O) groups excluding carboxylic acids is 3. The first-order chi connectivity index (χ1) is 17.7. The van der Waals surface area contributed by atoms with E-state index in [1.165, 1.54) is 35.8 Å². The molecule has 0 unspecified atom stereocenters. The molecule has 1 saturated heterocycles. The predicted octanol–water partition coefficient (Wildman–Crippen LogP) is 1.71. The van der Waals surface area contributed by atoms with E-state index in [2.05, 4.69) is 15.6 Å². The van der Waals surface area contributed by atoms with Gasteiger partial charge in [0.15, 0.2) is 0 Å². The van der Waals surface area contributed by atoms with Crippen LogP contribution in [0.2, 0.25) is 0 Å². The van der Waals surface area contributed by atoms with Gasteiger partial charge in [0.05, 0.1) is 11.3 Å². The molecule has 0 spiro atoms. The summed E-state index contributed by atoms with van der Waals surface area (Å²) >= 11 is 0. The minimum atomic E-state index is -4.74. The number of benzene rings is 1. The molecular formula is C23H25F3N6O6. The summed E-state index contributed by atoms with van der Waals surface area (Å²) in [5.74, 6) is -0.576. The highest BCUT2D eigenvalue weighted by Gasteiger charge is 2.36. The van der Waals surface area contributed by atoms with E-state index in [4.69, 9.17) is 5.11 Å². The molecule has 3 N–H and O–H groups in total. The van der Waals surface area contributed by atoms with Gasteiger partial charge in [-0.05, 0) is 37.6 Å². The van der Waals surface area contributed by atoms with Crippen LogP contribution in [0.4, 0.5) is 28.6 Å². The monoisotopic (exact) mass is 538 g/mol. The number of carboxylic acid groups (broad SMARTS) is 1. The van der Waals surface area contributed by atoms with Crippen molar-refractivity contribution in [2.75, 3.05) is 31.5 Å². The molecule has 0 saturated carbocycles. The Labute approximate surface area is 214 Å². The molecule has 4 amide bonds. The maximum Gasteiger partial charge on any atom is 0.416 e. The molecule has 0 radical (unpaired) electrons. The van der Waals surface area contributed by atoms with Crippen molar-refractivity contribution in [1.82, 2.24) is 24.7 Å². The lowest BCUT2D eigenvalue weighted by molar-refractivity contribution is -0.139. The maximum absolute atomic E-state index is 13.4. The molecule has 0 atom stereocenters. The summed E-state index contributed by atoms with van der Waals surface area (Å²) in [6.45, 7) is 3.41. The molecule has 0 bridgehead atoms. The number of carbonyl (C=O) groups is 4. The van der Waals surface area contributed by atoms with Crippen molar-refractivity contribution in [3.8, 4) is 5.69 Å². The zero-order chi connectivity index (χ0) is 28.3. The van der Waals surface area contributed by atoms with Gasteiger partial charge in [0.2, 0.25) is 5.91 Å². The number of alkyl halides is 3. The number of amides is 4. The van der Waals surface area contributed by atoms with Crippen molar-refractivity contribution in [2.24, 2.45) is 0 Å². The van der Waals surface area contributed by atoms with E-state index in [1.807, 2.05) is 0 Å². The highest BCUT2D eigenvalue weighted by Crippen LogP contribution is 2.33. The molecule has 1 aliphatic rings. The molecule has 1 aromatic heterocycles. The summed E-state index contributed by atoms with van der Waals surface area (Å²) in [5.41, 5.74) is -3.69. The molecule has 2 aromatic rings. The summed E-state index contributed by atoms with van der Waals surface area (Å²) in [6.07, 6.45) is -5.01. The summed E-state index contributed by atoms with van der Waals surface area (Å²) in [6, 6.07) is 3.74. The number of halogens is 3. The number of anilines is 1. The number of aldehydes is 1. The molecule has 38 heavy (non-hydrogen) atoms. The van der Waals surface area contributed by atoms with Gasteiger partial charge in [0.25, 0.3) is 0 Å². The zero-order valence-corrected chi connectivity index (χ0v) is 20.4. The van der Waals surface area contributed by atoms with Crippen molar-refractivity contribution in [2.45, 2.75) is 32.0 Å². The molecule has 1 aliphatic heterocycles. The number of nitrogens with one attached hydrogen (secondary N) is 2. The van der Waals surface area contributed by atoms with Crippen LogP contribution in [0, 0.1) is 0 Å². The third-order valence-corrected chi connectivity index (χ3v) is 5.83. The Hall–Kier alpha value is -4.43. The van der Waals surface area contributed by atoms with Gasteiger partial charge in [-0.1, -0.05) is 6.07 Å². The molecule has 3 rings (SSSR count). The SMILES string of the molecule is CC(C)(NC(=O)O)C(=O)N1CCN(C(=O)Nc2ccn(-c3ccc(CC=O)c(C(F)(F)F)c3)c(=O)n2)CC1. The van der Waals surface area contributed by atoms with E-state index in [1.54, 1.807) is 0 Å². The first-order valence-electron chi connectivity index (χ1n) is 11.3. The highest BCUT2D eigenvalue weighted by molar-refractivity contribution is 5.90. The predicted molar refractivity (Wildman–Crippen MR) is 127 cm³/mol. The van der Waals surface area contributed by atoms with E-state index in [-0.39, 0.29) is 43.2 Å². The van der Waals surface area contributed by atoms with E-state index >= 15 is 0 Å². The average molecular weight is 538 g/mol. The fraction of sp³-hybridized carbons (Fsp3) is 0.391. The molecule has 1 aromatic carbocycles. The Morgan fingerprint density at radius 2 is 1.71 bits per heavy atom. The Morgan fingerprint density at radius 3 is 2.26 bits per heavy atom. The van der Waals surface area contributed by atoms with Crippen LogP contribution < -0.4 is 16.3 Å². The second-order valence-corrected chi connectivity index (χ2v) is 8.94. The molecule has 2 heterocycles. The lowest BCUT2D eigenvalue weighted by Gasteiger charge is -2.38. The number of aromatic nitrogens is 2. The van der Waals surface area contributed by atoms with Crippen molar-refractivity contribution < 1.29 is 37.5 Å². The number of nitrogens with zero attached hydrogens (tertiary/aromatic N) is 4. The highest BCUT2D eigenvalue weighted by atomic mass is 19.4. The third kappa shape index (κ3) is 6.46.